The van der Waals surface area contributed by atoms with Crippen LogP contribution in [0.15, 0.2) is 36.5 Å². The van der Waals surface area contributed by atoms with Gasteiger partial charge in [-0.15, -0.1) is 11.3 Å². The number of rotatable bonds is 3. The Labute approximate surface area is 131 Å². The number of hydrogen-bond acceptors (Lipinski definition) is 5. The van der Waals surface area contributed by atoms with Crippen molar-refractivity contribution in [3.63, 3.8) is 0 Å². The predicted octanol–water partition coefficient (Wildman–Crippen LogP) is 3.45. The van der Waals surface area contributed by atoms with Crippen molar-refractivity contribution in [3.8, 4) is 5.75 Å². The van der Waals surface area contributed by atoms with Crippen molar-refractivity contribution in [1.29, 1.82) is 0 Å². The van der Waals surface area contributed by atoms with Gasteiger partial charge in [0, 0.05) is 11.9 Å². The van der Waals surface area contributed by atoms with Crippen LogP contribution in [0.1, 0.15) is 15.2 Å². The SMILES string of the molecule is COc1ccnc2sc(C(=O)Nc3ccc(C)cc3)c(N)c12. The van der Waals surface area contributed by atoms with Crippen molar-refractivity contribution < 1.29 is 9.53 Å². The van der Waals surface area contributed by atoms with Crippen molar-refractivity contribution in [3.05, 3.63) is 47.0 Å². The van der Waals surface area contributed by atoms with Crippen LogP contribution in [0.2, 0.25) is 0 Å². The van der Waals surface area contributed by atoms with Crippen LogP contribution in [0.3, 0.4) is 0 Å². The van der Waals surface area contributed by atoms with E-state index in [9.17, 15) is 4.79 Å². The summed E-state index contributed by atoms with van der Waals surface area (Å²) in [5.74, 6) is 0.375. The summed E-state index contributed by atoms with van der Waals surface area (Å²) in [6.45, 7) is 1.99. The van der Waals surface area contributed by atoms with Crippen LogP contribution in [-0.2, 0) is 0 Å². The molecule has 0 aliphatic carbocycles. The Morgan fingerprint density at radius 3 is 2.68 bits per heavy atom. The molecule has 0 bridgehead atoms. The third-order valence-corrected chi connectivity index (χ3v) is 4.44. The van der Waals surface area contributed by atoms with Gasteiger partial charge in [-0.3, -0.25) is 4.79 Å². The van der Waals surface area contributed by atoms with Gasteiger partial charge >= 0.3 is 0 Å². The molecule has 1 amide bonds. The van der Waals surface area contributed by atoms with E-state index in [0.717, 1.165) is 11.3 Å². The fourth-order valence-corrected chi connectivity index (χ4v) is 3.16. The highest BCUT2D eigenvalue weighted by Gasteiger charge is 2.19. The lowest BCUT2D eigenvalue weighted by molar-refractivity contribution is 0.103. The molecular weight excluding hydrogens is 298 g/mol. The zero-order chi connectivity index (χ0) is 15.7. The lowest BCUT2D eigenvalue weighted by Gasteiger charge is -2.05. The Morgan fingerprint density at radius 2 is 2.00 bits per heavy atom. The minimum absolute atomic E-state index is 0.244. The molecule has 3 aromatic rings. The molecule has 2 aromatic heterocycles. The molecule has 3 N–H and O–H groups in total. The van der Waals surface area contributed by atoms with Crippen LogP contribution < -0.4 is 15.8 Å². The minimum Gasteiger partial charge on any atom is -0.496 e. The van der Waals surface area contributed by atoms with E-state index < -0.39 is 0 Å². The molecule has 0 aliphatic heterocycles. The summed E-state index contributed by atoms with van der Waals surface area (Å²) >= 11 is 1.26. The van der Waals surface area contributed by atoms with Crippen molar-refractivity contribution in [1.82, 2.24) is 4.98 Å². The molecule has 3 rings (SSSR count). The monoisotopic (exact) mass is 313 g/mol. The fraction of sp³-hybridized carbons (Fsp3) is 0.125. The van der Waals surface area contributed by atoms with Crippen LogP contribution in [-0.4, -0.2) is 18.0 Å². The molecule has 0 aliphatic rings. The first kappa shape index (κ1) is 14.3. The highest BCUT2D eigenvalue weighted by atomic mass is 32.1. The van der Waals surface area contributed by atoms with Gasteiger partial charge in [0.1, 0.15) is 15.5 Å². The second kappa shape index (κ2) is 5.65. The highest BCUT2D eigenvalue weighted by Crippen LogP contribution is 2.38. The van der Waals surface area contributed by atoms with E-state index in [0.29, 0.717) is 26.5 Å². The Kier molecular flexibility index (Phi) is 3.68. The van der Waals surface area contributed by atoms with Crippen LogP contribution in [0.5, 0.6) is 5.75 Å². The number of ether oxygens (including phenoxy) is 1. The zero-order valence-corrected chi connectivity index (χ0v) is 13.0. The van der Waals surface area contributed by atoms with Gasteiger partial charge in [0.2, 0.25) is 0 Å². The van der Waals surface area contributed by atoms with E-state index in [2.05, 4.69) is 10.3 Å². The lowest BCUT2D eigenvalue weighted by atomic mass is 10.2. The number of nitrogens with one attached hydrogen (secondary N) is 1. The number of aromatic nitrogens is 1. The first-order chi connectivity index (χ1) is 10.6. The summed E-state index contributed by atoms with van der Waals surface area (Å²) in [5, 5.41) is 3.53. The summed E-state index contributed by atoms with van der Waals surface area (Å²) in [6, 6.07) is 9.32. The molecule has 0 spiro atoms. The average molecular weight is 313 g/mol. The topological polar surface area (TPSA) is 77.2 Å². The van der Waals surface area contributed by atoms with Crippen LogP contribution in [0, 0.1) is 6.92 Å². The zero-order valence-electron chi connectivity index (χ0n) is 12.2. The number of carbonyl (C=O) groups is 1. The van der Waals surface area contributed by atoms with E-state index >= 15 is 0 Å². The smallest absolute Gasteiger partial charge is 0.267 e. The molecule has 1 aromatic carbocycles. The first-order valence-corrected chi connectivity index (χ1v) is 7.51. The Morgan fingerprint density at radius 1 is 1.27 bits per heavy atom. The van der Waals surface area contributed by atoms with Gasteiger partial charge in [0.05, 0.1) is 18.2 Å². The highest BCUT2D eigenvalue weighted by molar-refractivity contribution is 7.21. The summed E-state index contributed by atoms with van der Waals surface area (Å²) < 4.78 is 5.29. The first-order valence-electron chi connectivity index (χ1n) is 6.69. The van der Waals surface area contributed by atoms with E-state index in [4.69, 9.17) is 10.5 Å². The lowest BCUT2D eigenvalue weighted by Crippen LogP contribution is -2.11. The van der Waals surface area contributed by atoms with Crippen LogP contribution >= 0.6 is 11.3 Å². The molecule has 2 heterocycles. The van der Waals surface area contributed by atoms with E-state index in [1.807, 2.05) is 31.2 Å². The number of nitrogen functional groups attached to an aromatic ring is 1. The number of fused-ring (bicyclic) bond motifs is 1. The molecule has 0 saturated carbocycles. The summed E-state index contributed by atoms with van der Waals surface area (Å²) in [7, 11) is 1.57. The molecular formula is C16H15N3O2S. The largest absolute Gasteiger partial charge is 0.496 e. The Hall–Kier alpha value is -2.60. The number of carbonyl (C=O) groups excluding carboxylic acids is 1. The summed E-state index contributed by atoms with van der Waals surface area (Å²) in [4.78, 5) is 17.8. The number of methoxy groups -OCH3 is 1. The third kappa shape index (κ3) is 2.48. The number of nitrogens with zero attached hydrogens (tertiary/aromatic N) is 1. The molecule has 0 fully saturated rings. The second-order valence-electron chi connectivity index (χ2n) is 4.86. The van der Waals surface area contributed by atoms with Crippen molar-refractivity contribution in [2.75, 3.05) is 18.2 Å². The maximum absolute atomic E-state index is 12.4. The van der Waals surface area contributed by atoms with Crippen LogP contribution in [0.4, 0.5) is 11.4 Å². The predicted molar refractivity (Wildman–Crippen MR) is 89.7 cm³/mol. The molecule has 0 radical (unpaired) electrons. The number of benzene rings is 1. The van der Waals surface area contributed by atoms with Gasteiger partial charge in [-0.05, 0) is 25.1 Å². The number of nitrogens with two attached hydrogens (primary N) is 1. The van der Waals surface area contributed by atoms with Gasteiger partial charge in [0.15, 0.2) is 0 Å². The van der Waals surface area contributed by atoms with Crippen molar-refractivity contribution in [2.24, 2.45) is 0 Å². The van der Waals surface area contributed by atoms with Gasteiger partial charge in [0.25, 0.3) is 5.91 Å². The molecule has 6 heteroatoms. The number of aryl methyl sites for hydroxylation is 1. The Balaban J connectivity index is 1.97. The number of hydrogen-bond donors (Lipinski definition) is 2. The molecule has 22 heavy (non-hydrogen) atoms. The maximum atomic E-state index is 12.4. The van der Waals surface area contributed by atoms with Crippen molar-refractivity contribution >= 4 is 38.8 Å². The fourth-order valence-electron chi connectivity index (χ4n) is 2.18. The Bertz CT molecular complexity index is 840. The second-order valence-corrected chi connectivity index (χ2v) is 5.86. The maximum Gasteiger partial charge on any atom is 0.267 e. The van der Waals surface area contributed by atoms with E-state index in [1.54, 1.807) is 19.4 Å². The molecule has 0 unspecified atom stereocenters. The quantitative estimate of drug-likeness (QED) is 0.776. The standard InChI is InChI=1S/C16H15N3O2S/c1-9-3-5-10(6-4-9)19-15(20)14-13(17)12-11(21-2)7-8-18-16(12)22-14/h3-8H,17H2,1-2H3,(H,19,20). The summed E-state index contributed by atoms with van der Waals surface area (Å²) in [5.41, 5.74) is 8.38. The normalized spacial score (nSPS) is 10.6. The van der Waals surface area contributed by atoms with Gasteiger partial charge in [-0.2, -0.15) is 0 Å². The van der Waals surface area contributed by atoms with Crippen LogP contribution in [0.25, 0.3) is 10.2 Å². The number of amides is 1. The number of thiophene rings is 1. The van der Waals surface area contributed by atoms with Gasteiger partial charge < -0.3 is 15.8 Å². The van der Waals surface area contributed by atoms with E-state index in [-0.39, 0.29) is 5.91 Å². The number of anilines is 2. The molecule has 112 valence electrons. The minimum atomic E-state index is -0.244. The van der Waals surface area contributed by atoms with Crippen molar-refractivity contribution in [2.45, 2.75) is 6.92 Å². The molecule has 0 saturated heterocycles. The number of pyridine rings is 1. The third-order valence-electron chi connectivity index (χ3n) is 3.33. The van der Waals surface area contributed by atoms with Gasteiger partial charge in [-0.1, -0.05) is 17.7 Å². The average Bonchev–Trinajstić information content (AvgIpc) is 2.87. The summed E-state index contributed by atoms with van der Waals surface area (Å²) in [6.07, 6.45) is 1.64. The molecule has 0 atom stereocenters. The van der Waals surface area contributed by atoms with E-state index in [1.165, 1.54) is 11.3 Å². The van der Waals surface area contributed by atoms with Gasteiger partial charge in [-0.25, -0.2) is 4.98 Å². The molecule has 5 nitrogen and oxygen atoms in total.